The number of rotatable bonds is 1. The van der Waals surface area contributed by atoms with Gasteiger partial charge in [-0.2, -0.15) is 5.26 Å². The first-order valence-corrected chi connectivity index (χ1v) is 8.17. The lowest BCUT2D eigenvalue weighted by Crippen LogP contribution is -2.20. The fourth-order valence-corrected chi connectivity index (χ4v) is 2.13. The van der Waals surface area contributed by atoms with Gasteiger partial charge in [-0.3, -0.25) is 0 Å². The summed E-state index contributed by atoms with van der Waals surface area (Å²) in [5.41, 5.74) is 4.23. The quantitative estimate of drug-likeness (QED) is 0.428. The molecule has 0 aromatic heterocycles. The second-order valence-corrected chi connectivity index (χ2v) is 8.82. The molecule has 0 atom stereocenters. The van der Waals surface area contributed by atoms with Crippen LogP contribution in [-0.4, -0.2) is 19.1 Å². The maximum atomic E-state index is 8.84. The van der Waals surface area contributed by atoms with Crippen molar-refractivity contribution in [3.8, 4) is 6.07 Å². The van der Waals surface area contributed by atoms with E-state index in [2.05, 4.69) is 15.7 Å². The topological polar surface area (TPSA) is 48.5 Å². The Labute approximate surface area is 162 Å². The van der Waals surface area contributed by atoms with Crippen LogP contribution in [0.5, 0.6) is 0 Å². The molecule has 1 heterocycles. The largest absolute Gasteiger partial charge is 0.250 e. The molecule has 0 saturated carbocycles. The van der Waals surface area contributed by atoms with Crippen molar-refractivity contribution < 1.29 is 0 Å². The molecular formula is C14H5Cl6N3. The number of nitriles is 1. The highest BCUT2D eigenvalue weighted by Gasteiger charge is 2.33. The van der Waals surface area contributed by atoms with E-state index in [-0.39, 0.29) is 11.5 Å². The van der Waals surface area contributed by atoms with Crippen LogP contribution in [-0.2, 0) is 0 Å². The summed E-state index contributed by atoms with van der Waals surface area (Å²) in [6.07, 6.45) is 1.46. The number of aliphatic imine (C=N–C) groups is 2. The highest BCUT2D eigenvalue weighted by Crippen LogP contribution is 2.38. The van der Waals surface area contributed by atoms with Gasteiger partial charge in [0.2, 0.25) is 7.59 Å². The van der Waals surface area contributed by atoms with E-state index in [1.54, 1.807) is 24.3 Å². The predicted octanol–water partition coefficient (Wildman–Crippen LogP) is 5.54. The third kappa shape index (κ3) is 4.89. The van der Waals surface area contributed by atoms with Gasteiger partial charge in [0.1, 0.15) is 5.70 Å². The van der Waals surface area contributed by atoms with Gasteiger partial charge in [-0.15, -0.1) is 0 Å². The maximum Gasteiger partial charge on any atom is 0.250 e. The molecule has 23 heavy (non-hydrogen) atoms. The number of hydrogen-bond donors (Lipinski definition) is 0. The SMILES string of the molecule is N#Cc1ccc(C2=NC(C(Cl)(Cl)Cl)=NC(C(Cl)(Cl)Cl)=C=C2)cc1. The van der Waals surface area contributed by atoms with Crippen LogP contribution in [0.15, 0.2) is 51.8 Å². The lowest BCUT2D eigenvalue weighted by molar-refractivity contribution is 1.18. The van der Waals surface area contributed by atoms with Crippen LogP contribution in [0.4, 0.5) is 0 Å². The smallest absolute Gasteiger partial charge is 0.228 e. The van der Waals surface area contributed by atoms with Crippen molar-refractivity contribution in [2.75, 3.05) is 0 Å². The van der Waals surface area contributed by atoms with E-state index in [1.165, 1.54) is 6.08 Å². The summed E-state index contributed by atoms with van der Waals surface area (Å²) in [5, 5.41) is 8.84. The maximum absolute atomic E-state index is 8.84. The Morgan fingerprint density at radius 2 is 1.52 bits per heavy atom. The number of allylic oxidation sites excluding steroid dienone is 1. The molecule has 3 nitrogen and oxygen atoms in total. The highest BCUT2D eigenvalue weighted by molar-refractivity contribution is 6.77. The fourth-order valence-electron chi connectivity index (χ4n) is 1.58. The molecule has 0 aliphatic carbocycles. The van der Waals surface area contributed by atoms with Crippen molar-refractivity contribution in [2.24, 2.45) is 9.98 Å². The molecule has 0 fully saturated rings. The van der Waals surface area contributed by atoms with E-state index in [1.807, 2.05) is 6.07 Å². The first kappa shape index (κ1) is 18.6. The van der Waals surface area contributed by atoms with E-state index in [4.69, 9.17) is 74.9 Å². The van der Waals surface area contributed by atoms with Gasteiger partial charge in [0, 0.05) is 11.6 Å². The standard InChI is InChI=1S/C14H5Cl6N3/c15-13(16,17)11-6-5-10(22-12(23-11)14(18,19)20)9-3-1-8(7-21)2-4-9/h1-5H. The molecule has 0 radical (unpaired) electrons. The molecule has 1 aromatic carbocycles. The molecule has 0 bridgehead atoms. The molecule has 1 aliphatic heterocycles. The molecular weight excluding hydrogens is 423 g/mol. The Balaban J connectivity index is 2.59. The van der Waals surface area contributed by atoms with Crippen molar-refractivity contribution in [1.82, 2.24) is 0 Å². The van der Waals surface area contributed by atoms with Gasteiger partial charge in [0.25, 0.3) is 0 Å². The Hall–Kier alpha value is -0.690. The summed E-state index contributed by atoms with van der Waals surface area (Å²) in [5.74, 6) is -0.163. The van der Waals surface area contributed by atoms with Crippen molar-refractivity contribution in [1.29, 1.82) is 5.26 Å². The first-order valence-electron chi connectivity index (χ1n) is 5.90. The van der Waals surface area contributed by atoms with Gasteiger partial charge in [-0.1, -0.05) is 87.5 Å². The average Bonchev–Trinajstić information content (AvgIpc) is 2.70. The van der Waals surface area contributed by atoms with E-state index in [0.29, 0.717) is 16.8 Å². The number of benzene rings is 1. The van der Waals surface area contributed by atoms with E-state index in [9.17, 15) is 0 Å². The number of nitrogens with zero attached hydrogens (tertiary/aromatic N) is 3. The Kier molecular flexibility index (Phi) is 5.72. The summed E-state index contributed by atoms with van der Waals surface area (Å²) >= 11 is 35.1. The minimum atomic E-state index is -1.92. The molecule has 0 saturated heterocycles. The fraction of sp³-hybridized carbons (Fsp3) is 0.143. The van der Waals surface area contributed by atoms with Crippen LogP contribution < -0.4 is 0 Å². The van der Waals surface area contributed by atoms with Crippen LogP contribution in [0.25, 0.3) is 0 Å². The third-order valence-corrected chi connectivity index (χ3v) is 3.67. The summed E-state index contributed by atoms with van der Waals surface area (Å²) < 4.78 is -3.77. The van der Waals surface area contributed by atoms with Crippen molar-refractivity contribution in [3.05, 3.63) is 52.9 Å². The van der Waals surface area contributed by atoms with Crippen LogP contribution in [0, 0.1) is 11.3 Å². The van der Waals surface area contributed by atoms with Crippen LogP contribution in [0.3, 0.4) is 0 Å². The second kappa shape index (κ2) is 7.05. The first-order chi connectivity index (χ1) is 10.6. The lowest BCUT2D eigenvalue weighted by Gasteiger charge is -2.13. The van der Waals surface area contributed by atoms with Gasteiger partial charge in [0.05, 0.1) is 17.3 Å². The summed E-state index contributed by atoms with van der Waals surface area (Å²) in [6.45, 7) is 0. The Morgan fingerprint density at radius 3 is 2.00 bits per heavy atom. The van der Waals surface area contributed by atoms with Crippen LogP contribution in [0.2, 0.25) is 0 Å². The minimum Gasteiger partial charge on any atom is -0.228 e. The van der Waals surface area contributed by atoms with Crippen LogP contribution >= 0.6 is 69.6 Å². The zero-order chi connectivity index (χ0) is 17.3. The molecule has 1 aromatic rings. The van der Waals surface area contributed by atoms with E-state index < -0.39 is 7.59 Å². The number of halogens is 6. The minimum absolute atomic E-state index is 0.0591. The van der Waals surface area contributed by atoms with Gasteiger partial charge in [0.15, 0.2) is 5.84 Å². The molecule has 0 amide bonds. The van der Waals surface area contributed by atoms with Gasteiger partial charge < -0.3 is 0 Å². The summed E-state index contributed by atoms with van der Waals surface area (Å²) in [6, 6.07) is 8.65. The normalized spacial score (nSPS) is 15.3. The summed E-state index contributed by atoms with van der Waals surface area (Å²) in [4.78, 5) is 8.20. The van der Waals surface area contributed by atoms with Gasteiger partial charge in [-0.25, -0.2) is 9.98 Å². The van der Waals surface area contributed by atoms with Crippen molar-refractivity contribution in [2.45, 2.75) is 7.59 Å². The van der Waals surface area contributed by atoms with Crippen LogP contribution in [0.1, 0.15) is 11.1 Å². The molecule has 0 unspecified atom stereocenters. The third-order valence-electron chi connectivity index (χ3n) is 2.62. The molecule has 2 rings (SSSR count). The predicted molar refractivity (Wildman–Crippen MR) is 97.3 cm³/mol. The molecule has 9 heteroatoms. The summed E-state index contributed by atoms with van der Waals surface area (Å²) in [7, 11) is 0. The van der Waals surface area contributed by atoms with Crippen molar-refractivity contribution >= 4 is 81.2 Å². The van der Waals surface area contributed by atoms with E-state index >= 15 is 0 Å². The van der Waals surface area contributed by atoms with Gasteiger partial charge in [-0.05, 0) is 12.1 Å². The monoisotopic (exact) mass is 425 g/mol. The average molecular weight is 428 g/mol. The number of hydrogen-bond acceptors (Lipinski definition) is 3. The Morgan fingerprint density at radius 1 is 0.913 bits per heavy atom. The van der Waals surface area contributed by atoms with E-state index in [0.717, 1.165) is 0 Å². The van der Waals surface area contributed by atoms with Gasteiger partial charge >= 0.3 is 0 Å². The molecule has 0 N–H and O–H groups in total. The number of alkyl halides is 6. The number of amidine groups is 1. The second-order valence-electron chi connectivity index (χ2n) is 4.25. The van der Waals surface area contributed by atoms with Crippen molar-refractivity contribution in [3.63, 3.8) is 0 Å². The molecule has 0 spiro atoms. The lowest BCUT2D eigenvalue weighted by atomic mass is 10.1. The molecule has 118 valence electrons. The zero-order valence-electron chi connectivity index (χ0n) is 11.0. The Bertz CT molecular complexity index is 782. The highest BCUT2D eigenvalue weighted by atomic mass is 35.6. The zero-order valence-corrected chi connectivity index (χ0v) is 15.5. The molecule has 1 aliphatic rings.